The molecule has 20 heavy (non-hydrogen) atoms. The molecule has 0 unspecified atom stereocenters. The Balaban J connectivity index is 3.35. The Kier molecular flexibility index (Phi) is 4.72. The molecule has 0 radical (unpaired) electrons. The number of hydrogen-bond donors (Lipinski definition) is 0. The molecule has 0 saturated carbocycles. The highest BCUT2D eigenvalue weighted by molar-refractivity contribution is 6.43. The van der Waals surface area contributed by atoms with Crippen LogP contribution in [0.3, 0.4) is 0 Å². The summed E-state index contributed by atoms with van der Waals surface area (Å²) < 4.78 is 41.7. The maximum atomic E-state index is 12.5. The van der Waals surface area contributed by atoms with E-state index in [-0.39, 0.29) is 5.56 Å². The average Bonchev–Trinajstić information content (AvgIpc) is 2.36. The summed E-state index contributed by atoms with van der Waals surface area (Å²) in [7, 11) is 1.04. The van der Waals surface area contributed by atoms with Gasteiger partial charge in [0.2, 0.25) is 0 Å². The second kappa shape index (κ2) is 5.91. The summed E-state index contributed by atoms with van der Waals surface area (Å²) >= 11 is 5.51. The van der Waals surface area contributed by atoms with E-state index in [1.807, 2.05) is 0 Å². The topological polar surface area (TPSA) is 69.4 Å². The van der Waals surface area contributed by atoms with Crippen molar-refractivity contribution in [2.45, 2.75) is 6.18 Å². The Hall–Kier alpha value is -2.09. The molecule has 0 bridgehead atoms. The smallest absolute Gasteiger partial charge is 0.416 e. The van der Waals surface area contributed by atoms with E-state index in [9.17, 15) is 28.1 Å². The van der Waals surface area contributed by atoms with Crippen LogP contribution in [0.1, 0.15) is 11.1 Å². The summed E-state index contributed by atoms with van der Waals surface area (Å²) in [5.41, 5.74) is -2.23. The van der Waals surface area contributed by atoms with Gasteiger partial charge in [0.05, 0.1) is 23.2 Å². The van der Waals surface area contributed by atoms with E-state index in [1.54, 1.807) is 0 Å². The number of nitro groups is 1. The third-order valence-electron chi connectivity index (χ3n) is 2.22. The highest BCUT2D eigenvalue weighted by atomic mass is 35.5. The summed E-state index contributed by atoms with van der Waals surface area (Å²) in [6.07, 6.45) is -3.84. The molecule has 0 heterocycles. The first-order valence-electron chi connectivity index (χ1n) is 4.98. The molecule has 9 heteroatoms. The Morgan fingerprint density at radius 2 is 2.05 bits per heavy atom. The lowest BCUT2D eigenvalue weighted by molar-refractivity contribution is -0.385. The molecule has 1 aromatic carbocycles. The zero-order valence-electron chi connectivity index (χ0n) is 9.90. The summed E-state index contributed by atoms with van der Waals surface area (Å²) in [5.74, 6) is -0.958. The number of nitro benzene ring substituents is 1. The van der Waals surface area contributed by atoms with Crippen LogP contribution in [-0.4, -0.2) is 18.0 Å². The number of halogens is 4. The first kappa shape index (κ1) is 16.0. The molecule has 0 amide bonds. The molecular weight excluding hydrogens is 303 g/mol. The summed E-state index contributed by atoms with van der Waals surface area (Å²) in [6.45, 7) is 0. The predicted molar refractivity (Wildman–Crippen MR) is 63.9 cm³/mol. The van der Waals surface area contributed by atoms with Crippen LogP contribution in [-0.2, 0) is 15.7 Å². The van der Waals surface area contributed by atoms with Crippen molar-refractivity contribution < 1.29 is 27.6 Å². The van der Waals surface area contributed by atoms with Gasteiger partial charge in [-0.1, -0.05) is 11.6 Å². The molecule has 0 aliphatic rings. The number of methoxy groups -OCH3 is 1. The fourth-order valence-corrected chi connectivity index (χ4v) is 1.49. The molecule has 0 aromatic heterocycles. The van der Waals surface area contributed by atoms with Gasteiger partial charge < -0.3 is 4.74 Å². The van der Waals surface area contributed by atoms with Crippen molar-refractivity contribution in [3.8, 4) is 0 Å². The Bertz CT molecular complexity index is 584. The van der Waals surface area contributed by atoms with Gasteiger partial charge in [-0.15, -0.1) is 0 Å². The number of carbonyl (C=O) groups excluding carboxylic acids is 1. The second-order valence-corrected chi connectivity index (χ2v) is 3.92. The molecule has 1 aromatic rings. The fraction of sp³-hybridized carbons (Fsp3) is 0.182. The van der Waals surface area contributed by atoms with Crippen LogP contribution in [0, 0.1) is 10.1 Å². The minimum Gasteiger partial charge on any atom is -0.465 e. The lowest BCUT2D eigenvalue weighted by Crippen LogP contribution is -2.06. The van der Waals surface area contributed by atoms with Crippen LogP contribution in [0.25, 0.3) is 6.08 Å². The van der Waals surface area contributed by atoms with E-state index in [0.717, 1.165) is 19.3 Å². The quantitative estimate of drug-likeness (QED) is 0.371. The average molecular weight is 310 g/mol. The first-order chi connectivity index (χ1) is 9.16. The van der Waals surface area contributed by atoms with Crippen LogP contribution in [0.4, 0.5) is 18.9 Å². The lowest BCUT2D eigenvalue weighted by atomic mass is 10.1. The Morgan fingerprint density at radius 1 is 1.45 bits per heavy atom. The van der Waals surface area contributed by atoms with Crippen molar-refractivity contribution >= 4 is 29.3 Å². The number of alkyl halides is 3. The molecule has 0 aliphatic carbocycles. The number of hydrogen-bond acceptors (Lipinski definition) is 4. The summed E-state index contributed by atoms with van der Waals surface area (Å²) in [4.78, 5) is 20.8. The van der Waals surface area contributed by atoms with Crippen molar-refractivity contribution in [3.05, 3.63) is 44.5 Å². The standard InChI is InChI=1S/C11H7ClF3NO4/c1-20-10(17)8(12)4-6-2-3-7(11(13,14)15)5-9(6)16(18)19/h2-5H,1H3/b8-4-. The Labute approximate surface area is 115 Å². The van der Waals surface area contributed by atoms with E-state index in [4.69, 9.17) is 11.6 Å². The fourth-order valence-electron chi connectivity index (χ4n) is 1.29. The van der Waals surface area contributed by atoms with Crippen molar-refractivity contribution in [1.29, 1.82) is 0 Å². The van der Waals surface area contributed by atoms with Gasteiger partial charge in [-0.05, 0) is 18.2 Å². The summed E-state index contributed by atoms with van der Waals surface area (Å²) in [6, 6.07) is 1.87. The molecule has 108 valence electrons. The first-order valence-corrected chi connectivity index (χ1v) is 5.35. The van der Waals surface area contributed by atoms with Gasteiger partial charge in [-0.2, -0.15) is 13.2 Å². The van der Waals surface area contributed by atoms with Gasteiger partial charge in [0.1, 0.15) is 5.03 Å². The molecule has 0 aliphatic heterocycles. The van der Waals surface area contributed by atoms with Gasteiger partial charge >= 0.3 is 12.1 Å². The van der Waals surface area contributed by atoms with E-state index < -0.39 is 33.4 Å². The van der Waals surface area contributed by atoms with Gasteiger partial charge in [0, 0.05) is 6.07 Å². The minimum absolute atomic E-state index is 0.238. The zero-order chi connectivity index (χ0) is 15.5. The lowest BCUT2D eigenvalue weighted by Gasteiger charge is -2.07. The van der Waals surface area contributed by atoms with Crippen LogP contribution in [0.2, 0.25) is 0 Å². The second-order valence-electron chi connectivity index (χ2n) is 3.51. The molecule has 0 N–H and O–H groups in total. The maximum absolute atomic E-state index is 12.5. The van der Waals surface area contributed by atoms with Crippen LogP contribution >= 0.6 is 11.6 Å². The maximum Gasteiger partial charge on any atom is 0.416 e. The van der Waals surface area contributed by atoms with E-state index in [2.05, 4.69) is 4.74 Å². The van der Waals surface area contributed by atoms with Crippen molar-refractivity contribution in [1.82, 2.24) is 0 Å². The number of rotatable bonds is 3. The molecule has 5 nitrogen and oxygen atoms in total. The van der Waals surface area contributed by atoms with E-state index in [0.29, 0.717) is 12.1 Å². The van der Waals surface area contributed by atoms with Crippen LogP contribution in [0.5, 0.6) is 0 Å². The normalized spacial score (nSPS) is 12.2. The van der Waals surface area contributed by atoms with Crippen LogP contribution in [0.15, 0.2) is 23.2 Å². The summed E-state index contributed by atoms with van der Waals surface area (Å²) in [5, 5.41) is 10.3. The number of carbonyl (C=O) groups is 1. The monoisotopic (exact) mass is 309 g/mol. The Morgan fingerprint density at radius 3 is 2.50 bits per heavy atom. The number of nitrogens with zero attached hydrogens (tertiary/aromatic N) is 1. The van der Waals surface area contributed by atoms with E-state index in [1.165, 1.54) is 0 Å². The third-order valence-corrected chi connectivity index (χ3v) is 2.48. The highest BCUT2D eigenvalue weighted by Gasteiger charge is 2.32. The molecule has 0 spiro atoms. The van der Waals surface area contributed by atoms with Gasteiger partial charge in [0.25, 0.3) is 5.69 Å². The predicted octanol–water partition coefficient (Wildman–Crippen LogP) is 3.37. The van der Waals surface area contributed by atoms with Gasteiger partial charge in [-0.25, -0.2) is 4.79 Å². The molecular formula is C11H7ClF3NO4. The third kappa shape index (κ3) is 3.70. The highest BCUT2D eigenvalue weighted by Crippen LogP contribution is 2.33. The SMILES string of the molecule is COC(=O)/C(Cl)=C/c1ccc(C(F)(F)F)cc1[N+](=O)[O-]. The zero-order valence-corrected chi connectivity index (χ0v) is 10.7. The van der Waals surface area contributed by atoms with E-state index >= 15 is 0 Å². The van der Waals surface area contributed by atoms with Crippen molar-refractivity contribution in [3.63, 3.8) is 0 Å². The van der Waals surface area contributed by atoms with Crippen molar-refractivity contribution in [2.24, 2.45) is 0 Å². The number of ether oxygens (including phenoxy) is 1. The minimum atomic E-state index is -4.71. The van der Waals surface area contributed by atoms with Crippen molar-refractivity contribution in [2.75, 3.05) is 7.11 Å². The number of esters is 1. The largest absolute Gasteiger partial charge is 0.465 e. The van der Waals surface area contributed by atoms with Gasteiger partial charge in [-0.3, -0.25) is 10.1 Å². The molecule has 0 saturated heterocycles. The van der Waals surface area contributed by atoms with Crippen LogP contribution < -0.4 is 0 Å². The number of benzene rings is 1. The molecule has 1 rings (SSSR count). The molecule has 0 fully saturated rings. The van der Waals surface area contributed by atoms with Gasteiger partial charge in [0.15, 0.2) is 0 Å². The molecule has 0 atom stereocenters.